The van der Waals surface area contributed by atoms with Crippen LogP contribution in [0.15, 0.2) is 12.1 Å². The van der Waals surface area contributed by atoms with Crippen LogP contribution in [0.1, 0.15) is 49.1 Å². The molecule has 19 heavy (non-hydrogen) atoms. The summed E-state index contributed by atoms with van der Waals surface area (Å²) in [5, 5.41) is 3.67. The maximum Gasteiger partial charge on any atom is 0.0504 e. The Morgan fingerprint density at radius 1 is 1.05 bits per heavy atom. The van der Waals surface area contributed by atoms with Crippen molar-refractivity contribution >= 4 is 0 Å². The number of rotatable bonds is 5. The highest BCUT2D eigenvalue weighted by molar-refractivity contribution is 5.39. The van der Waals surface area contributed by atoms with Gasteiger partial charge in [-0.2, -0.15) is 0 Å². The van der Waals surface area contributed by atoms with Gasteiger partial charge in [-0.3, -0.25) is 0 Å². The van der Waals surface area contributed by atoms with Crippen LogP contribution in [-0.4, -0.2) is 31.1 Å². The van der Waals surface area contributed by atoms with Crippen LogP contribution in [0.5, 0.6) is 0 Å². The molecule has 0 saturated carbocycles. The van der Waals surface area contributed by atoms with E-state index in [0.717, 1.165) is 6.54 Å². The molecule has 0 heterocycles. The minimum absolute atomic E-state index is 0.0719. The summed E-state index contributed by atoms with van der Waals surface area (Å²) in [6.45, 7) is 14.4. The lowest BCUT2D eigenvalue weighted by Gasteiger charge is -2.41. The Morgan fingerprint density at radius 2 is 1.58 bits per heavy atom. The molecule has 1 N–H and O–H groups in total. The molecule has 1 atom stereocenters. The Morgan fingerprint density at radius 3 is 2.05 bits per heavy atom. The maximum atomic E-state index is 3.67. The lowest BCUT2D eigenvalue weighted by Crippen LogP contribution is -2.49. The average molecular weight is 262 g/mol. The number of hydrogen-bond acceptors (Lipinski definition) is 2. The quantitative estimate of drug-likeness (QED) is 0.872. The monoisotopic (exact) mass is 262 g/mol. The van der Waals surface area contributed by atoms with E-state index >= 15 is 0 Å². The molecular formula is C17H30N2. The molecule has 0 aliphatic rings. The molecule has 0 spiro atoms. The van der Waals surface area contributed by atoms with Crippen LogP contribution in [0.25, 0.3) is 0 Å². The summed E-state index contributed by atoms with van der Waals surface area (Å²) in [5.41, 5.74) is 5.62. The van der Waals surface area contributed by atoms with Gasteiger partial charge < -0.3 is 10.2 Å². The van der Waals surface area contributed by atoms with Crippen molar-refractivity contribution in [3.63, 3.8) is 0 Å². The van der Waals surface area contributed by atoms with Gasteiger partial charge in [0.2, 0.25) is 0 Å². The zero-order valence-corrected chi connectivity index (χ0v) is 13.9. The van der Waals surface area contributed by atoms with Crippen molar-refractivity contribution in [1.82, 2.24) is 10.2 Å². The number of aryl methyl sites for hydroxylation is 3. The van der Waals surface area contributed by atoms with Crippen LogP contribution in [-0.2, 0) is 0 Å². The summed E-state index contributed by atoms with van der Waals surface area (Å²) < 4.78 is 0. The molecule has 0 amide bonds. The van der Waals surface area contributed by atoms with Gasteiger partial charge in [-0.25, -0.2) is 0 Å². The van der Waals surface area contributed by atoms with E-state index in [2.05, 4.69) is 78.0 Å². The summed E-state index contributed by atoms with van der Waals surface area (Å²) in [7, 11) is 4.31. The summed E-state index contributed by atoms with van der Waals surface area (Å²) >= 11 is 0. The van der Waals surface area contributed by atoms with Gasteiger partial charge in [-0.15, -0.1) is 0 Å². The molecule has 0 aliphatic carbocycles. The number of hydrogen-bond donors (Lipinski definition) is 1. The fraction of sp³-hybridized carbons (Fsp3) is 0.647. The van der Waals surface area contributed by atoms with Gasteiger partial charge in [-0.05, 0) is 77.5 Å². The maximum absolute atomic E-state index is 3.67. The third-order valence-electron chi connectivity index (χ3n) is 4.46. The first kappa shape index (κ1) is 16.2. The van der Waals surface area contributed by atoms with E-state index in [4.69, 9.17) is 0 Å². The number of nitrogens with one attached hydrogen (secondary N) is 1. The van der Waals surface area contributed by atoms with Crippen LogP contribution in [0, 0.1) is 20.8 Å². The van der Waals surface area contributed by atoms with Crippen molar-refractivity contribution in [2.45, 2.75) is 53.1 Å². The van der Waals surface area contributed by atoms with Crippen molar-refractivity contribution in [1.29, 1.82) is 0 Å². The van der Waals surface area contributed by atoms with E-state index in [9.17, 15) is 0 Å². The van der Waals surface area contributed by atoms with E-state index in [1.54, 1.807) is 0 Å². The topological polar surface area (TPSA) is 15.3 Å². The second-order valence-corrected chi connectivity index (χ2v) is 6.33. The zero-order valence-electron chi connectivity index (χ0n) is 13.9. The zero-order chi connectivity index (χ0) is 14.8. The molecule has 2 heteroatoms. The number of likely N-dealkylation sites (N-methyl/N-ethyl adjacent to an activating group) is 2. The molecule has 2 nitrogen and oxygen atoms in total. The van der Waals surface area contributed by atoms with Crippen LogP contribution >= 0.6 is 0 Å². The van der Waals surface area contributed by atoms with Gasteiger partial charge in [0.1, 0.15) is 0 Å². The molecule has 0 bridgehead atoms. The highest BCUT2D eigenvalue weighted by atomic mass is 15.2. The third-order valence-corrected chi connectivity index (χ3v) is 4.46. The summed E-state index contributed by atoms with van der Waals surface area (Å²) in [6, 6.07) is 5.00. The summed E-state index contributed by atoms with van der Waals surface area (Å²) in [6.07, 6.45) is 0. The van der Waals surface area contributed by atoms with Gasteiger partial charge in [-0.1, -0.05) is 19.1 Å². The van der Waals surface area contributed by atoms with Gasteiger partial charge >= 0.3 is 0 Å². The Kier molecular flexibility index (Phi) is 5.17. The van der Waals surface area contributed by atoms with Crippen molar-refractivity contribution in [2.75, 3.05) is 20.6 Å². The van der Waals surface area contributed by atoms with E-state index in [-0.39, 0.29) is 5.54 Å². The van der Waals surface area contributed by atoms with E-state index < -0.39 is 0 Å². The second-order valence-electron chi connectivity index (χ2n) is 6.33. The molecule has 0 fully saturated rings. The molecular weight excluding hydrogens is 232 g/mol. The molecule has 1 aromatic rings. The smallest absolute Gasteiger partial charge is 0.0504 e. The molecule has 1 rings (SSSR count). The number of benzene rings is 1. The first-order chi connectivity index (χ1) is 8.71. The van der Waals surface area contributed by atoms with Crippen LogP contribution in [0.3, 0.4) is 0 Å². The van der Waals surface area contributed by atoms with E-state index in [1.165, 1.54) is 22.3 Å². The molecule has 1 unspecified atom stereocenters. The van der Waals surface area contributed by atoms with Crippen LogP contribution in [0.4, 0.5) is 0 Å². The molecule has 1 aromatic carbocycles. The fourth-order valence-corrected chi connectivity index (χ4v) is 2.50. The van der Waals surface area contributed by atoms with Gasteiger partial charge in [0.15, 0.2) is 0 Å². The lowest BCUT2D eigenvalue weighted by atomic mass is 9.84. The molecule has 0 aliphatic heterocycles. The highest BCUT2D eigenvalue weighted by Crippen LogP contribution is 2.32. The normalized spacial score (nSPS) is 13.9. The van der Waals surface area contributed by atoms with Crippen LogP contribution in [0.2, 0.25) is 0 Å². The van der Waals surface area contributed by atoms with Crippen LogP contribution < -0.4 is 5.32 Å². The van der Waals surface area contributed by atoms with Gasteiger partial charge in [0.05, 0.1) is 6.04 Å². The minimum Gasteiger partial charge on any atom is -0.309 e. The van der Waals surface area contributed by atoms with Gasteiger partial charge in [0.25, 0.3) is 0 Å². The summed E-state index contributed by atoms with van der Waals surface area (Å²) in [5.74, 6) is 0. The fourth-order valence-electron chi connectivity index (χ4n) is 2.50. The SMILES string of the molecule is CCNC(c1cc(C)c(C)cc1C)C(C)(C)N(C)C. The van der Waals surface area contributed by atoms with Crippen molar-refractivity contribution < 1.29 is 0 Å². The van der Waals surface area contributed by atoms with Crippen molar-refractivity contribution in [2.24, 2.45) is 0 Å². The lowest BCUT2D eigenvalue weighted by molar-refractivity contribution is 0.138. The molecule has 108 valence electrons. The highest BCUT2D eigenvalue weighted by Gasteiger charge is 2.33. The first-order valence-electron chi connectivity index (χ1n) is 7.20. The molecule has 0 saturated heterocycles. The Labute approximate surface area is 119 Å². The Hall–Kier alpha value is -0.860. The first-order valence-corrected chi connectivity index (χ1v) is 7.20. The average Bonchev–Trinajstić information content (AvgIpc) is 2.31. The predicted molar refractivity (Wildman–Crippen MR) is 84.8 cm³/mol. The van der Waals surface area contributed by atoms with Crippen molar-refractivity contribution in [3.8, 4) is 0 Å². The van der Waals surface area contributed by atoms with E-state index in [0.29, 0.717) is 6.04 Å². The predicted octanol–water partition coefficient (Wildman–Crippen LogP) is 3.60. The Balaban J connectivity index is 3.31. The van der Waals surface area contributed by atoms with E-state index in [1.807, 2.05) is 0 Å². The standard InChI is InChI=1S/C17H30N2/c1-9-18-16(17(5,6)19(7)8)15-11-13(3)12(2)10-14(15)4/h10-11,16,18H,9H2,1-8H3. The molecule has 0 aromatic heterocycles. The molecule has 0 radical (unpaired) electrons. The van der Waals surface area contributed by atoms with Crippen molar-refractivity contribution in [3.05, 3.63) is 34.4 Å². The number of nitrogens with zero attached hydrogens (tertiary/aromatic N) is 1. The third kappa shape index (κ3) is 3.37. The second kappa shape index (κ2) is 6.06. The van der Waals surface area contributed by atoms with Gasteiger partial charge in [0, 0.05) is 5.54 Å². The minimum atomic E-state index is 0.0719. The Bertz CT molecular complexity index is 433. The largest absolute Gasteiger partial charge is 0.309 e. The summed E-state index contributed by atoms with van der Waals surface area (Å²) in [4.78, 5) is 2.30.